The first-order chi connectivity index (χ1) is 10.1. The minimum atomic E-state index is -0.999. The van der Waals surface area contributed by atoms with Crippen LogP contribution in [0.1, 0.15) is 42.6 Å². The molecule has 1 aliphatic heterocycles. The topological polar surface area (TPSA) is 73.7 Å². The fourth-order valence-corrected chi connectivity index (χ4v) is 3.74. The first-order valence-electron chi connectivity index (χ1n) is 7.78. The molecule has 0 unspecified atom stereocenters. The van der Waals surface area contributed by atoms with Crippen molar-refractivity contribution in [2.45, 2.75) is 38.2 Å². The lowest BCUT2D eigenvalue weighted by Gasteiger charge is -2.39. The minimum Gasteiger partial charge on any atom is -0.477 e. The molecule has 1 saturated carbocycles. The quantitative estimate of drug-likeness (QED) is 0.892. The highest BCUT2D eigenvalue weighted by Crippen LogP contribution is 2.37. The third-order valence-corrected chi connectivity index (χ3v) is 4.90. The number of carboxylic acid groups (broad SMARTS) is 1. The predicted molar refractivity (Wildman–Crippen MR) is 79.5 cm³/mol. The van der Waals surface area contributed by atoms with E-state index in [0.29, 0.717) is 11.7 Å². The van der Waals surface area contributed by atoms with Crippen LogP contribution in [-0.2, 0) is 0 Å². The molecule has 2 N–H and O–H groups in total. The highest BCUT2D eigenvalue weighted by molar-refractivity contribution is 5.85. The monoisotopic (exact) mass is 290 g/mol. The molecule has 1 aromatic heterocycles. The maximum Gasteiger partial charge on any atom is 0.354 e. The number of hydrogen-bond acceptors (Lipinski definition) is 4. The van der Waals surface area contributed by atoms with Crippen molar-refractivity contribution in [2.24, 2.45) is 11.8 Å². The molecule has 0 spiro atoms. The van der Waals surface area contributed by atoms with Gasteiger partial charge in [0, 0.05) is 19.0 Å². The van der Waals surface area contributed by atoms with Crippen LogP contribution in [0.4, 0.5) is 5.82 Å². The number of aromatic carboxylic acids is 1. The predicted octanol–water partition coefficient (Wildman–Crippen LogP) is 2.16. The molecule has 0 radical (unpaired) electrons. The second-order valence-corrected chi connectivity index (χ2v) is 6.20. The van der Waals surface area contributed by atoms with Gasteiger partial charge in [0.05, 0.1) is 6.10 Å². The summed E-state index contributed by atoms with van der Waals surface area (Å²) < 4.78 is 0. The summed E-state index contributed by atoms with van der Waals surface area (Å²) in [7, 11) is 0. The van der Waals surface area contributed by atoms with Crippen molar-refractivity contribution in [3.63, 3.8) is 0 Å². The molecule has 0 bridgehead atoms. The normalized spacial score (nSPS) is 27.0. The standard InChI is InChI=1S/C16H22N2O3/c19-14-8-9-18(10-12(14)11-4-1-2-5-11)15-7-3-6-13(17-15)16(20)21/h3,6-7,11-12,14,19H,1-2,4-5,8-10H2,(H,20,21)/t12-,14+/m0/s1. The van der Waals surface area contributed by atoms with E-state index < -0.39 is 5.97 Å². The Bertz CT molecular complexity index is 514. The number of pyridine rings is 1. The molecular weight excluding hydrogens is 268 g/mol. The summed E-state index contributed by atoms with van der Waals surface area (Å²) >= 11 is 0. The van der Waals surface area contributed by atoms with Gasteiger partial charge in [0.15, 0.2) is 5.69 Å². The van der Waals surface area contributed by atoms with Gasteiger partial charge < -0.3 is 15.1 Å². The molecule has 2 fully saturated rings. The highest BCUT2D eigenvalue weighted by Gasteiger charge is 2.35. The van der Waals surface area contributed by atoms with Crippen LogP contribution in [0.2, 0.25) is 0 Å². The molecule has 2 aliphatic rings. The van der Waals surface area contributed by atoms with Crippen LogP contribution in [0.5, 0.6) is 0 Å². The van der Waals surface area contributed by atoms with Crippen LogP contribution in [0.25, 0.3) is 0 Å². The minimum absolute atomic E-state index is 0.0797. The lowest BCUT2D eigenvalue weighted by molar-refractivity contribution is 0.0560. The second-order valence-electron chi connectivity index (χ2n) is 6.20. The van der Waals surface area contributed by atoms with Crippen molar-refractivity contribution >= 4 is 11.8 Å². The Kier molecular flexibility index (Phi) is 4.10. The Balaban J connectivity index is 1.76. The number of carbonyl (C=O) groups is 1. The Labute approximate surface area is 124 Å². The van der Waals surface area contributed by atoms with Gasteiger partial charge in [-0.1, -0.05) is 31.7 Å². The van der Waals surface area contributed by atoms with E-state index in [4.69, 9.17) is 5.11 Å². The summed E-state index contributed by atoms with van der Waals surface area (Å²) in [5.74, 6) is 0.605. The van der Waals surface area contributed by atoms with Gasteiger partial charge in [0.25, 0.3) is 0 Å². The average molecular weight is 290 g/mol. The van der Waals surface area contributed by atoms with E-state index in [0.717, 1.165) is 19.5 Å². The van der Waals surface area contributed by atoms with E-state index in [-0.39, 0.29) is 17.7 Å². The molecule has 21 heavy (non-hydrogen) atoms. The maximum atomic E-state index is 11.0. The second kappa shape index (κ2) is 6.02. The van der Waals surface area contributed by atoms with Gasteiger partial charge in [0.1, 0.15) is 5.82 Å². The number of nitrogens with zero attached hydrogens (tertiary/aromatic N) is 2. The van der Waals surface area contributed by atoms with E-state index in [9.17, 15) is 9.90 Å². The highest BCUT2D eigenvalue weighted by atomic mass is 16.4. The summed E-state index contributed by atoms with van der Waals surface area (Å²) in [5, 5.41) is 19.3. The van der Waals surface area contributed by atoms with Gasteiger partial charge in [0.2, 0.25) is 0 Å². The molecule has 0 amide bonds. The Morgan fingerprint density at radius 1 is 1.24 bits per heavy atom. The number of rotatable bonds is 3. The van der Waals surface area contributed by atoms with Gasteiger partial charge in [-0.05, 0) is 24.5 Å². The largest absolute Gasteiger partial charge is 0.477 e. The van der Waals surface area contributed by atoms with Gasteiger partial charge in [-0.2, -0.15) is 0 Å². The number of aromatic nitrogens is 1. The fraction of sp³-hybridized carbons (Fsp3) is 0.625. The molecule has 114 valence electrons. The van der Waals surface area contributed by atoms with Crippen molar-refractivity contribution in [3.8, 4) is 0 Å². The number of anilines is 1. The summed E-state index contributed by atoms with van der Waals surface area (Å²) in [6.45, 7) is 1.52. The fourth-order valence-electron chi connectivity index (χ4n) is 3.74. The average Bonchev–Trinajstić information content (AvgIpc) is 3.02. The summed E-state index contributed by atoms with van der Waals surface area (Å²) in [6, 6.07) is 5.11. The lowest BCUT2D eigenvalue weighted by Crippen LogP contribution is -2.46. The number of aliphatic hydroxyl groups is 1. The number of hydrogen-bond donors (Lipinski definition) is 2. The van der Waals surface area contributed by atoms with Crippen LogP contribution >= 0.6 is 0 Å². The van der Waals surface area contributed by atoms with Crippen LogP contribution in [0, 0.1) is 11.8 Å². The van der Waals surface area contributed by atoms with Gasteiger partial charge in [-0.25, -0.2) is 9.78 Å². The van der Waals surface area contributed by atoms with E-state index >= 15 is 0 Å². The maximum absolute atomic E-state index is 11.0. The van der Waals surface area contributed by atoms with E-state index in [1.165, 1.54) is 31.7 Å². The zero-order chi connectivity index (χ0) is 14.8. The molecule has 0 aromatic carbocycles. The van der Waals surface area contributed by atoms with Crippen LogP contribution < -0.4 is 4.90 Å². The van der Waals surface area contributed by atoms with E-state index in [1.54, 1.807) is 6.07 Å². The Morgan fingerprint density at radius 2 is 2.00 bits per heavy atom. The van der Waals surface area contributed by atoms with E-state index in [1.807, 2.05) is 6.07 Å². The number of aliphatic hydroxyl groups excluding tert-OH is 1. The molecule has 5 heteroatoms. The molecule has 2 heterocycles. The summed E-state index contributed by atoms with van der Waals surface area (Å²) in [4.78, 5) is 17.4. The summed E-state index contributed by atoms with van der Waals surface area (Å²) in [5.41, 5.74) is 0.0797. The molecule has 1 saturated heterocycles. The van der Waals surface area contributed by atoms with Crippen molar-refractivity contribution in [3.05, 3.63) is 23.9 Å². The third-order valence-electron chi connectivity index (χ3n) is 4.90. The van der Waals surface area contributed by atoms with Crippen molar-refractivity contribution in [2.75, 3.05) is 18.0 Å². The molecule has 1 aliphatic carbocycles. The van der Waals surface area contributed by atoms with Crippen LogP contribution in [0.3, 0.4) is 0 Å². The number of carboxylic acids is 1. The molecule has 2 atom stereocenters. The van der Waals surface area contributed by atoms with E-state index in [2.05, 4.69) is 9.88 Å². The first-order valence-corrected chi connectivity index (χ1v) is 7.78. The third kappa shape index (κ3) is 3.02. The Hall–Kier alpha value is -1.62. The first kappa shape index (κ1) is 14.3. The van der Waals surface area contributed by atoms with Crippen LogP contribution in [0.15, 0.2) is 18.2 Å². The zero-order valence-electron chi connectivity index (χ0n) is 12.1. The van der Waals surface area contributed by atoms with Gasteiger partial charge in [-0.3, -0.25) is 0 Å². The smallest absolute Gasteiger partial charge is 0.354 e. The van der Waals surface area contributed by atoms with Crippen molar-refractivity contribution in [1.29, 1.82) is 0 Å². The van der Waals surface area contributed by atoms with Gasteiger partial charge in [-0.15, -0.1) is 0 Å². The number of piperidine rings is 1. The lowest BCUT2D eigenvalue weighted by atomic mass is 9.82. The summed E-state index contributed by atoms with van der Waals surface area (Å²) in [6.07, 6.45) is 5.45. The SMILES string of the molecule is O=C(O)c1cccc(N2CC[C@@H](O)[C@H](C3CCCC3)C2)n1. The molecule has 3 rings (SSSR count). The van der Waals surface area contributed by atoms with Crippen molar-refractivity contribution < 1.29 is 15.0 Å². The van der Waals surface area contributed by atoms with Crippen molar-refractivity contribution in [1.82, 2.24) is 4.98 Å². The van der Waals surface area contributed by atoms with Crippen LogP contribution in [-0.4, -0.2) is 40.4 Å². The van der Waals surface area contributed by atoms with Gasteiger partial charge >= 0.3 is 5.97 Å². The molecule has 1 aromatic rings. The molecular formula is C16H22N2O3. The Morgan fingerprint density at radius 3 is 2.71 bits per heavy atom. The zero-order valence-corrected chi connectivity index (χ0v) is 12.1. The molecule has 5 nitrogen and oxygen atoms in total.